The van der Waals surface area contributed by atoms with Crippen LogP contribution in [-0.2, 0) is 0 Å². The van der Waals surface area contributed by atoms with Crippen LogP contribution in [0.3, 0.4) is 0 Å². The lowest BCUT2D eigenvalue weighted by Gasteiger charge is -2.11. The lowest BCUT2D eigenvalue weighted by Crippen LogP contribution is -1.95. The van der Waals surface area contributed by atoms with E-state index in [2.05, 4.69) is 32.9 Å². The van der Waals surface area contributed by atoms with Crippen LogP contribution in [0.5, 0.6) is 0 Å². The average Bonchev–Trinajstić information content (AvgIpc) is 2.75. The maximum atomic E-state index is 3.92. The molecule has 2 radical (unpaired) electrons. The van der Waals surface area contributed by atoms with Crippen LogP contribution in [0.25, 0.3) is 0 Å². The highest BCUT2D eigenvalue weighted by Gasteiger charge is 2.02. The topological polar surface area (TPSA) is 0 Å². The molecule has 0 heteroatoms. The molecule has 0 fully saturated rings. The van der Waals surface area contributed by atoms with Crippen molar-refractivity contribution >= 4 is 0 Å². The Hall–Kier alpha value is -0.260. The molecule has 0 heterocycles. The Morgan fingerprint density at radius 3 is 1.23 bits per heavy atom. The van der Waals surface area contributed by atoms with E-state index >= 15 is 0 Å². The van der Waals surface area contributed by atoms with Gasteiger partial charge in [-0.2, -0.15) is 0 Å². The fraction of sp³-hybridized carbons (Fsp3) is 0.867. The van der Waals surface area contributed by atoms with Crippen molar-refractivity contribution in [1.29, 1.82) is 0 Å². The van der Waals surface area contributed by atoms with Crippen molar-refractivity contribution in [2.75, 3.05) is 0 Å². The van der Waals surface area contributed by atoms with Gasteiger partial charge in [0.05, 0.1) is 0 Å². The summed E-state index contributed by atoms with van der Waals surface area (Å²) < 4.78 is 0. The molecule has 0 amide bonds. The van der Waals surface area contributed by atoms with E-state index in [1.807, 2.05) is 0 Å². The Morgan fingerprint density at radius 2 is 0.800 bits per heavy atom. The molecule has 30 heavy (non-hydrogen) atoms. The van der Waals surface area contributed by atoms with Gasteiger partial charge in [-0.05, 0) is 31.6 Å². The van der Waals surface area contributed by atoms with E-state index in [4.69, 9.17) is 0 Å². The van der Waals surface area contributed by atoms with E-state index in [1.165, 1.54) is 135 Å². The molecule has 0 aliphatic carbocycles. The highest BCUT2D eigenvalue weighted by molar-refractivity contribution is 4.81. The predicted molar refractivity (Wildman–Crippen MR) is 140 cm³/mol. The second-order valence-electron chi connectivity index (χ2n) is 9.80. The summed E-state index contributed by atoms with van der Waals surface area (Å²) in [6.45, 7) is 10.3. The SMILES string of the molecule is [CH2]CCC=CCCCCCCC(C)CCCCCCCCCCCCCCCC[CH2]. The van der Waals surface area contributed by atoms with E-state index < -0.39 is 0 Å². The number of unbranched alkanes of at least 4 members (excludes halogenated alkanes) is 19. The summed E-state index contributed by atoms with van der Waals surface area (Å²) in [6, 6.07) is 0. The average molecular weight is 419 g/mol. The van der Waals surface area contributed by atoms with Crippen LogP contribution < -0.4 is 0 Å². The molecule has 0 saturated heterocycles. The van der Waals surface area contributed by atoms with Gasteiger partial charge in [0.15, 0.2) is 0 Å². The van der Waals surface area contributed by atoms with E-state index in [1.54, 1.807) is 0 Å². The minimum absolute atomic E-state index is 0.945. The molecular weight excluding hydrogens is 360 g/mol. The monoisotopic (exact) mass is 418 g/mol. The molecule has 1 unspecified atom stereocenters. The molecule has 0 rings (SSSR count). The summed E-state index contributed by atoms with van der Waals surface area (Å²) in [7, 11) is 0. The highest BCUT2D eigenvalue weighted by atomic mass is 14.1. The molecule has 0 aliphatic heterocycles. The van der Waals surface area contributed by atoms with E-state index in [0.717, 1.165) is 25.2 Å². The Kier molecular flexibility index (Phi) is 26.5. The zero-order valence-corrected chi connectivity index (χ0v) is 21.1. The summed E-state index contributed by atoms with van der Waals surface area (Å²) in [4.78, 5) is 0. The largest absolute Gasteiger partial charge is 0.0885 e. The molecule has 0 nitrogen and oxygen atoms in total. The molecule has 0 aromatic carbocycles. The second kappa shape index (κ2) is 26.8. The number of hydrogen-bond donors (Lipinski definition) is 0. The molecule has 0 bridgehead atoms. The third-order valence-electron chi connectivity index (χ3n) is 6.55. The standard InChI is InChI=1S/C30H58/c1-4-6-8-10-12-14-15-16-17-18-19-21-23-25-27-29-30(3)28-26-24-22-20-13-11-9-7-5-2/h9,11,30H,1-2,4-8,10,12-29H2,3H3. The highest BCUT2D eigenvalue weighted by Crippen LogP contribution is 2.19. The molecule has 178 valence electrons. The lowest BCUT2D eigenvalue weighted by molar-refractivity contribution is 0.432. The first-order chi connectivity index (χ1) is 14.8. The summed E-state index contributed by atoms with van der Waals surface area (Å²) in [6.07, 6.45) is 38.1. The summed E-state index contributed by atoms with van der Waals surface area (Å²) in [5.41, 5.74) is 0. The van der Waals surface area contributed by atoms with Crippen LogP contribution in [0.15, 0.2) is 12.2 Å². The van der Waals surface area contributed by atoms with E-state index in [9.17, 15) is 0 Å². The first kappa shape index (κ1) is 29.7. The normalized spacial score (nSPS) is 12.8. The molecule has 0 spiro atoms. The number of hydrogen-bond acceptors (Lipinski definition) is 0. The third kappa shape index (κ3) is 25.8. The van der Waals surface area contributed by atoms with Crippen LogP contribution in [0, 0.1) is 19.8 Å². The van der Waals surface area contributed by atoms with Gasteiger partial charge < -0.3 is 0 Å². The smallest absolute Gasteiger partial charge is 0.0351 e. The van der Waals surface area contributed by atoms with Crippen molar-refractivity contribution in [3.63, 3.8) is 0 Å². The number of rotatable bonds is 25. The van der Waals surface area contributed by atoms with Crippen LogP contribution in [0.2, 0.25) is 0 Å². The van der Waals surface area contributed by atoms with Crippen LogP contribution >= 0.6 is 0 Å². The van der Waals surface area contributed by atoms with Crippen molar-refractivity contribution in [2.24, 2.45) is 5.92 Å². The fourth-order valence-corrected chi connectivity index (χ4v) is 4.40. The van der Waals surface area contributed by atoms with Crippen molar-refractivity contribution in [1.82, 2.24) is 0 Å². The minimum atomic E-state index is 0.945. The molecule has 0 saturated carbocycles. The van der Waals surface area contributed by atoms with Gasteiger partial charge in [-0.25, -0.2) is 0 Å². The maximum Gasteiger partial charge on any atom is -0.0351 e. The van der Waals surface area contributed by atoms with Gasteiger partial charge in [0.2, 0.25) is 0 Å². The molecule has 0 aromatic rings. The van der Waals surface area contributed by atoms with Gasteiger partial charge in [-0.15, -0.1) is 0 Å². The Balaban J connectivity index is 3.15. The molecule has 0 aliphatic rings. The molecule has 1 atom stereocenters. The zero-order valence-electron chi connectivity index (χ0n) is 21.1. The van der Waals surface area contributed by atoms with Gasteiger partial charge in [0, 0.05) is 0 Å². The predicted octanol–water partition coefficient (Wildman–Crippen LogP) is 11.2. The van der Waals surface area contributed by atoms with E-state index in [0.29, 0.717) is 0 Å². The van der Waals surface area contributed by atoms with Crippen molar-refractivity contribution in [3.05, 3.63) is 26.0 Å². The molecule has 0 N–H and O–H groups in total. The third-order valence-corrected chi connectivity index (χ3v) is 6.55. The lowest BCUT2D eigenvalue weighted by atomic mass is 9.96. The Morgan fingerprint density at radius 1 is 0.433 bits per heavy atom. The van der Waals surface area contributed by atoms with Crippen molar-refractivity contribution < 1.29 is 0 Å². The van der Waals surface area contributed by atoms with E-state index in [-0.39, 0.29) is 0 Å². The number of allylic oxidation sites excluding steroid dienone is 2. The molecule has 0 aromatic heterocycles. The molecular formula is C30H58. The van der Waals surface area contributed by atoms with Gasteiger partial charge in [0.25, 0.3) is 0 Å². The Bertz CT molecular complexity index is 316. The van der Waals surface area contributed by atoms with Crippen LogP contribution in [0.4, 0.5) is 0 Å². The summed E-state index contributed by atoms with van der Waals surface area (Å²) >= 11 is 0. The Labute approximate surface area is 193 Å². The van der Waals surface area contributed by atoms with Crippen molar-refractivity contribution in [2.45, 2.75) is 161 Å². The van der Waals surface area contributed by atoms with Crippen molar-refractivity contribution in [3.8, 4) is 0 Å². The first-order valence-corrected chi connectivity index (χ1v) is 14.0. The van der Waals surface area contributed by atoms with Gasteiger partial charge in [-0.3, -0.25) is 0 Å². The van der Waals surface area contributed by atoms with Gasteiger partial charge >= 0.3 is 0 Å². The maximum absolute atomic E-state index is 3.92. The zero-order chi connectivity index (χ0) is 22.0. The summed E-state index contributed by atoms with van der Waals surface area (Å²) in [5, 5.41) is 0. The van der Waals surface area contributed by atoms with Gasteiger partial charge in [0.1, 0.15) is 0 Å². The summed E-state index contributed by atoms with van der Waals surface area (Å²) in [5.74, 6) is 0.945. The first-order valence-electron chi connectivity index (χ1n) is 14.0. The quantitative estimate of drug-likeness (QED) is 0.102. The van der Waals surface area contributed by atoms with Crippen LogP contribution in [0.1, 0.15) is 161 Å². The second-order valence-corrected chi connectivity index (χ2v) is 9.80. The van der Waals surface area contributed by atoms with Gasteiger partial charge in [-0.1, -0.05) is 161 Å². The minimum Gasteiger partial charge on any atom is -0.0885 e. The fourth-order valence-electron chi connectivity index (χ4n) is 4.40. The van der Waals surface area contributed by atoms with Crippen LogP contribution in [-0.4, -0.2) is 0 Å².